The van der Waals surface area contributed by atoms with Gasteiger partial charge in [-0.3, -0.25) is 4.79 Å². The predicted molar refractivity (Wildman–Crippen MR) is 67.9 cm³/mol. The summed E-state index contributed by atoms with van der Waals surface area (Å²) in [5.41, 5.74) is 6.97. The second-order valence-corrected chi connectivity index (χ2v) is 4.74. The van der Waals surface area contributed by atoms with Crippen LogP contribution >= 0.6 is 11.3 Å². The number of para-hydroxylation sites is 2. The summed E-state index contributed by atoms with van der Waals surface area (Å²) < 4.78 is 0. The monoisotopic (exact) mass is 232 g/mol. The Balaban J connectivity index is 2.17. The van der Waals surface area contributed by atoms with Crippen LogP contribution in [0.25, 0.3) is 0 Å². The smallest absolute Gasteiger partial charge is 0.265 e. The molecule has 16 heavy (non-hydrogen) atoms. The van der Waals surface area contributed by atoms with E-state index >= 15 is 0 Å². The molecule has 1 aromatic heterocycles. The van der Waals surface area contributed by atoms with Crippen molar-refractivity contribution in [2.75, 3.05) is 11.1 Å². The minimum atomic E-state index is -0.115. The molecule has 2 rings (SSSR count). The summed E-state index contributed by atoms with van der Waals surface area (Å²) in [6.45, 7) is 1.97. The molecule has 0 saturated heterocycles. The van der Waals surface area contributed by atoms with E-state index in [4.69, 9.17) is 5.73 Å². The number of hydrogen-bond acceptors (Lipinski definition) is 3. The maximum absolute atomic E-state index is 11.8. The van der Waals surface area contributed by atoms with Crippen molar-refractivity contribution in [1.82, 2.24) is 0 Å². The van der Waals surface area contributed by atoms with Gasteiger partial charge in [-0.25, -0.2) is 0 Å². The first-order valence-corrected chi connectivity index (χ1v) is 5.71. The van der Waals surface area contributed by atoms with Crippen LogP contribution < -0.4 is 11.1 Å². The van der Waals surface area contributed by atoms with Crippen molar-refractivity contribution in [3.8, 4) is 0 Å². The number of nitrogens with two attached hydrogens (primary N) is 1. The van der Waals surface area contributed by atoms with Crippen LogP contribution in [0.4, 0.5) is 11.4 Å². The lowest BCUT2D eigenvalue weighted by molar-refractivity contribution is 0.103. The van der Waals surface area contributed by atoms with Crippen LogP contribution in [0.15, 0.2) is 36.4 Å². The number of rotatable bonds is 2. The Kier molecular flexibility index (Phi) is 2.92. The summed E-state index contributed by atoms with van der Waals surface area (Å²) in [5, 5.41) is 2.79. The van der Waals surface area contributed by atoms with Crippen LogP contribution in [0.1, 0.15) is 14.5 Å². The number of anilines is 2. The van der Waals surface area contributed by atoms with Crippen LogP contribution in [0.3, 0.4) is 0 Å². The van der Waals surface area contributed by atoms with Gasteiger partial charge in [0.25, 0.3) is 5.91 Å². The summed E-state index contributed by atoms with van der Waals surface area (Å²) in [4.78, 5) is 13.6. The molecule has 3 nitrogen and oxygen atoms in total. The van der Waals surface area contributed by atoms with Gasteiger partial charge in [-0.2, -0.15) is 0 Å². The number of thiophene rings is 1. The molecule has 0 aliphatic rings. The maximum Gasteiger partial charge on any atom is 0.265 e. The molecular weight excluding hydrogens is 220 g/mol. The molecule has 82 valence electrons. The van der Waals surface area contributed by atoms with E-state index in [1.807, 2.05) is 31.2 Å². The highest BCUT2D eigenvalue weighted by molar-refractivity contribution is 7.14. The Hall–Kier alpha value is -1.81. The van der Waals surface area contributed by atoms with Gasteiger partial charge in [0.1, 0.15) is 0 Å². The first-order valence-electron chi connectivity index (χ1n) is 4.89. The zero-order valence-electron chi connectivity index (χ0n) is 8.86. The Bertz CT molecular complexity index is 519. The first kappa shape index (κ1) is 10.7. The largest absolute Gasteiger partial charge is 0.397 e. The molecule has 1 amide bonds. The fourth-order valence-corrected chi connectivity index (χ4v) is 2.11. The third-order valence-electron chi connectivity index (χ3n) is 2.17. The van der Waals surface area contributed by atoms with Crippen LogP contribution in [-0.2, 0) is 0 Å². The molecule has 4 heteroatoms. The Morgan fingerprint density at radius 1 is 1.25 bits per heavy atom. The number of nitrogen functional groups attached to an aromatic ring is 1. The Morgan fingerprint density at radius 2 is 2.00 bits per heavy atom. The molecule has 1 heterocycles. The molecule has 2 aromatic rings. The van der Waals surface area contributed by atoms with Crippen LogP contribution in [0.2, 0.25) is 0 Å². The number of amides is 1. The summed E-state index contributed by atoms with van der Waals surface area (Å²) >= 11 is 1.47. The van der Waals surface area contributed by atoms with E-state index in [0.717, 1.165) is 4.88 Å². The van der Waals surface area contributed by atoms with Gasteiger partial charge in [-0.1, -0.05) is 12.1 Å². The van der Waals surface area contributed by atoms with E-state index in [1.54, 1.807) is 12.1 Å². The van der Waals surface area contributed by atoms with Gasteiger partial charge in [-0.05, 0) is 31.2 Å². The molecule has 3 N–H and O–H groups in total. The lowest BCUT2D eigenvalue weighted by Gasteiger charge is -2.05. The Morgan fingerprint density at radius 3 is 2.62 bits per heavy atom. The minimum absolute atomic E-state index is 0.115. The van der Waals surface area contributed by atoms with E-state index in [9.17, 15) is 4.79 Å². The highest BCUT2D eigenvalue weighted by Gasteiger charge is 2.09. The molecule has 1 aromatic carbocycles. The van der Waals surface area contributed by atoms with Gasteiger partial charge in [0.05, 0.1) is 16.3 Å². The second-order valence-electron chi connectivity index (χ2n) is 3.45. The minimum Gasteiger partial charge on any atom is -0.397 e. The van der Waals surface area contributed by atoms with E-state index < -0.39 is 0 Å². The average molecular weight is 232 g/mol. The van der Waals surface area contributed by atoms with Crippen LogP contribution in [0, 0.1) is 6.92 Å². The number of benzene rings is 1. The molecular formula is C12H12N2OS. The number of nitrogens with one attached hydrogen (secondary N) is 1. The van der Waals surface area contributed by atoms with Crippen molar-refractivity contribution in [1.29, 1.82) is 0 Å². The number of carbonyl (C=O) groups is 1. The fourth-order valence-electron chi connectivity index (χ4n) is 1.35. The average Bonchev–Trinajstić information content (AvgIpc) is 2.68. The highest BCUT2D eigenvalue weighted by Crippen LogP contribution is 2.20. The van der Waals surface area contributed by atoms with E-state index in [1.165, 1.54) is 11.3 Å². The molecule has 0 atom stereocenters. The summed E-state index contributed by atoms with van der Waals surface area (Å²) in [7, 11) is 0. The van der Waals surface area contributed by atoms with Gasteiger partial charge in [-0.15, -0.1) is 11.3 Å². The molecule has 0 aliphatic heterocycles. The maximum atomic E-state index is 11.8. The SMILES string of the molecule is Cc1ccc(C(=O)Nc2ccccc2N)s1. The van der Waals surface area contributed by atoms with E-state index in [2.05, 4.69) is 5.32 Å². The van der Waals surface area contributed by atoms with Crippen LogP contribution in [-0.4, -0.2) is 5.91 Å². The van der Waals surface area contributed by atoms with Crippen molar-refractivity contribution >= 4 is 28.6 Å². The zero-order valence-corrected chi connectivity index (χ0v) is 9.67. The molecule has 0 fully saturated rings. The van der Waals surface area contributed by atoms with E-state index in [-0.39, 0.29) is 5.91 Å². The molecule has 0 aliphatic carbocycles. The highest BCUT2D eigenvalue weighted by atomic mass is 32.1. The van der Waals surface area contributed by atoms with Crippen molar-refractivity contribution in [3.05, 3.63) is 46.2 Å². The number of carbonyl (C=O) groups excluding carboxylic acids is 1. The van der Waals surface area contributed by atoms with Gasteiger partial charge >= 0.3 is 0 Å². The van der Waals surface area contributed by atoms with Crippen molar-refractivity contribution in [2.45, 2.75) is 6.92 Å². The molecule has 0 radical (unpaired) electrons. The third kappa shape index (κ3) is 2.23. The zero-order chi connectivity index (χ0) is 11.5. The normalized spacial score (nSPS) is 10.1. The van der Waals surface area contributed by atoms with Crippen molar-refractivity contribution < 1.29 is 4.79 Å². The lowest BCUT2D eigenvalue weighted by atomic mass is 10.2. The number of hydrogen-bond donors (Lipinski definition) is 2. The molecule has 0 bridgehead atoms. The standard InChI is InChI=1S/C12H12N2OS/c1-8-6-7-11(16-8)12(15)14-10-5-3-2-4-9(10)13/h2-7H,13H2,1H3,(H,14,15). The molecule has 0 spiro atoms. The predicted octanol–water partition coefficient (Wildman–Crippen LogP) is 2.89. The fraction of sp³-hybridized carbons (Fsp3) is 0.0833. The summed E-state index contributed by atoms with van der Waals surface area (Å²) in [6, 6.07) is 11.0. The molecule has 0 saturated carbocycles. The third-order valence-corrected chi connectivity index (χ3v) is 3.17. The van der Waals surface area contributed by atoms with Crippen LogP contribution in [0.5, 0.6) is 0 Å². The van der Waals surface area contributed by atoms with Gasteiger partial charge in [0, 0.05) is 4.88 Å². The topological polar surface area (TPSA) is 55.1 Å². The summed E-state index contributed by atoms with van der Waals surface area (Å²) in [6.07, 6.45) is 0. The second kappa shape index (κ2) is 4.37. The molecule has 0 unspecified atom stereocenters. The number of aryl methyl sites for hydroxylation is 1. The van der Waals surface area contributed by atoms with Crippen molar-refractivity contribution in [2.24, 2.45) is 0 Å². The Labute approximate surface area is 97.9 Å². The van der Waals surface area contributed by atoms with E-state index in [0.29, 0.717) is 16.3 Å². The lowest BCUT2D eigenvalue weighted by Crippen LogP contribution is -2.11. The van der Waals surface area contributed by atoms with Crippen molar-refractivity contribution in [3.63, 3.8) is 0 Å². The van der Waals surface area contributed by atoms with Gasteiger partial charge in [0.2, 0.25) is 0 Å². The van der Waals surface area contributed by atoms with Gasteiger partial charge < -0.3 is 11.1 Å². The van der Waals surface area contributed by atoms with Gasteiger partial charge in [0.15, 0.2) is 0 Å². The first-order chi connectivity index (χ1) is 7.66. The summed E-state index contributed by atoms with van der Waals surface area (Å²) in [5.74, 6) is -0.115. The quantitative estimate of drug-likeness (QED) is 0.782.